The number of ether oxygens (including phenoxy) is 2. The quantitative estimate of drug-likeness (QED) is 0.756. The molecule has 18 heavy (non-hydrogen) atoms. The molecule has 1 unspecified atom stereocenters. The summed E-state index contributed by atoms with van der Waals surface area (Å²) >= 11 is 0. The minimum Gasteiger partial charge on any atom is -0.497 e. The Kier molecular flexibility index (Phi) is 5.45. The first-order chi connectivity index (χ1) is 8.58. The maximum atomic E-state index is 11.0. The van der Waals surface area contributed by atoms with E-state index in [1.165, 1.54) is 0 Å². The van der Waals surface area contributed by atoms with E-state index in [0.29, 0.717) is 12.3 Å². The van der Waals surface area contributed by atoms with Crippen LogP contribution in [0.3, 0.4) is 0 Å². The number of nitrogens with one attached hydrogen (secondary N) is 1. The molecule has 0 bridgehead atoms. The number of amides is 1. The van der Waals surface area contributed by atoms with Crippen LogP contribution in [0.4, 0.5) is 0 Å². The molecule has 5 heteroatoms. The van der Waals surface area contributed by atoms with Crippen molar-refractivity contribution in [3.05, 3.63) is 23.8 Å². The van der Waals surface area contributed by atoms with Gasteiger partial charge in [0.2, 0.25) is 5.91 Å². The first kappa shape index (κ1) is 14.3. The van der Waals surface area contributed by atoms with Gasteiger partial charge in [0.15, 0.2) is 0 Å². The van der Waals surface area contributed by atoms with E-state index < -0.39 is 0 Å². The van der Waals surface area contributed by atoms with Crippen LogP contribution in [0.25, 0.3) is 0 Å². The van der Waals surface area contributed by atoms with Crippen molar-refractivity contribution < 1.29 is 14.3 Å². The molecule has 0 aliphatic carbocycles. The zero-order chi connectivity index (χ0) is 13.5. The van der Waals surface area contributed by atoms with Crippen molar-refractivity contribution >= 4 is 5.91 Å². The third-order valence-electron chi connectivity index (χ3n) is 2.62. The SMILES string of the molecule is CNCc1ccc(OC)cc1OCC(C)C(N)=O. The Labute approximate surface area is 107 Å². The molecular weight excluding hydrogens is 232 g/mol. The van der Waals surface area contributed by atoms with Crippen LogP contribution in [0.15, 0.2) is 18.2 Å². The number of benzene rings is 1. The van der Waals surface area contributed by atoms with Crippen LogP contribution >= 0.6 is 0 Å². The highest BCUT2D eigenvalue weighted by Crippen LogP contribution is 2.25. The van der Waals surface area contributed by atoms with Gasteiger partial charge in [0.1, 0.15) is 11.5 Å². The number of rotatable bonds is 7. The average Bonchev–Trinajstić information content (AvgIpc) is 2.37. The van der Waals surface area contributed by atoms with Crippen LogP contribution in [-0.2, 0) is 11.3 Å². The van der Waals surface area contributed by atoms with Crippen LogP contribution in [0.1, 0.15) is 12.5 Å². The first-order valence-electron chi connectivity index (χ1n) is 5.82. The van der Waals surface area contributed by atoms with E-state index in [1.54, 1.807) is 20.1 Å². The second-order valence-corrected chi connectivity index (χ2v) is 4.12. The van der Waals surface area contributed by atoms with E-state index in [1.807, 2.05) is 19.2 Å². The van der Waals surface area contributed by atoms with Gasteiger partial charge in [-0.25, -0.2) is 0 Å². The minimum absolute atomic E-state index is 0.263. The van der Waals surface area contributed by atoms with Crippen molar-refractivity contribution in [1.29, 1.82) is 0 Å². The van der Waals surface area contributed by atoms with Gasteiger partial charge in [-0.3, -0.25) is 4.79 Å². The Balaban J connectivity index is 2.80. The molecule has 0 spiro atoms. The third kappa shape index (κ3) is 3.92. The molecular formula is C13H20N2O3. The Morgan fingerprint density at radius 2 is 2.22 bits per heavy atom. The molecule has 5 nitrogen and oxygen atoms in total. The molecule has 1 aromatic rings. The van der Waals surface area contributed by atoms with E-state index >= 15 is 0 Å². The fourth-order valence-electron chi connectivity index (χ4n) is 1.43. The standard InChI is InChI=1S/C13H20N2O3/c1-9(13(14)16)8-18-12-6-11(17-3)5-4-10(12)7-15-2/h4-6,9,15H,7-8H2,1-3H3,(H2,14,16). The summed E-state index contributed by atoms with van der Waals surface area (Å²) < 4.78 is 10.8. The van der Waals surface area contributed by atoms with E-state index in [9.17, 15) is 4.79 Å². The highest BCUT2D eigenvalue weighted by atomic mass is 16.5. The van der Waals surface area contributed by atoms with Crippen molar-refractivity contribution in [3.63, 3.8) is 0 Å². The summed E-state index contributed by atoms with van der Waals surface area (Å²) in [5.41, 5.74) is 6.21. The molecule has 100 valence electrons. The monoisotopic (exact) mass is 252 g/mol. The normalized spacial score (nSPS) is 11.9. The molecule has 3 N–H and O–H groups in total. The second-order valence-electron chi connectivity index (χ2n) is 4.12. The Hall–Kier alpha value is -1.75. The van der Waals surface area contributed by atoms with Crippen molar-refractivity contribution in [2.45, 2.75) is 13.5 Å². The van der Waals surface area contributed by atoms with Gasteiger partial charge in [0, 0.05) is 18.2 Å². The molecule has 0 aliphatic rings. The Morgan fingerprint density at radius 1 is 1.50 bits per heavy atom. The molecule has 1 rings (SSSR count). The Morgan fingerprint density at radius 3 is 2.78 bits per heavy atom. The zero-order valence-electron chi connectivity index (χ0n) is 11.0. The molecule has 1 amide bonds. The fraction of sp³-hybridized carbons (Fsp3) is 0.462. The van der Waals surface area contributed by atoms with Crippen molar-refractivity contribution in [3.8, 4) is 11.5 Å². The smallest absolute Gasteiger partial charge is 0.223 e. The molecule has 0 saturated carbocycles. The summed E-state index contributed by atoms with van der Waals surface area (Å²) in [5.74, 6) is 0.736. The van der Waals surface area contributed by atoms with Gasteiger partial charge in [-0.2, -0.15) is 0 Å². The predicted octanol–water partition coefficient (Wildman–Crippen LogP) is 0.915. The zero-order valence-corrected chi connectivity index (χ0v) is 11.0. The van der Waals surface area contributed by atoms with Gasteiger partial charge in [0.25, 0.3) is 0 Å². The number of methoxy groups -OCH3 is 1. The number of hydrogen-bond acceptors (Lipinski definition) is 4. The fourth-order valence-corrected chi connectivity index (χ4v) is 1.43. The minimum atomic E-state index is -0.368. The van der Waals surface area contributed by atoms with Gasteiger partial charge >= 0.3 is 0 Å². The van der Waals surface area contributed by atoms with Crippen LogP contribution in [-0.4, -0.2) is 26.7 Å². The number of primary amides is 1. The summed E-state index contributed by atoms with van der Waals surface area (Å²) in [6.07, 6.45) is 0. The average molecular weight is 252 g/mol. The molecule has 0 heterocycles. The van der Waals surface area contributed by atoms with Crippen molar-refractivity contribution in [2.75, 3.05) is 20.8 Å². The maximum Gasteiger partial charge on any atom is 0.223 e. The second kappa shape index (κ2) is 6.86. The summed E-state index contributed by atoms with van der Waals surface area (Å²) in [6.45, 7) is 2.68. The highest BCUT2D eigenvalue weighted by molar-refractivity contribution is 5.76. The van der Waals surface area contributed by atoms with Crippen LogP contribution in [0.2, 0.25) is 0 Å². The highest BCUT2D eigenvalue weighted by Gasteiger charge is 2.11. The molecule has 1 atom stereocenters. The molecule has 0 aromatic heterocycles. The molecule has 0 fully saturated rings. The predicted molar refractivity (Wildman–Crippen MR) is 69.6 cm³/mol. The van der Waals surface area contributed by atoms with E-state index in [0.717, 1.165) is 11.3 Å². The van der Waals surface area contributed by atoms with Gasteiger partial charge in [0.05, 0.1) is 19.6 Å². The lowest BCUT2D eigenvalue weighted by Gasteiger charge is -2.14. The Bertz CT molecular complexity index is 407. The third-order valence-corrected chi connectivity index (χ3v) is 2.62. The summed E-state index contributed by atoms with van der Waals surface area (Å²) in [5, 5.41) is 3.06. The van der Waals surface area contributed by atoms with Crippen LogP contribution in [0.5, 0.6) is 11.5 Å². The summed E-state index contributed by atoms with van der Waals surface area (Å²) in [6, 6.07) is 5.61. The van der Waals surface area contributed by atoms with E-state index in [-0.39, 0.29) is 18.4 Å². The summed E-state index contributed by atoms with van der Waals surface area (Å²) in [4.78, 5) is 11.0. The first-order valence-corrected chi connectivity index (χ1v) is 5.82. The van der Waals surface area contributed by atoms with Crippen LogP contribution < -0.4 is 20.5 Å². The van der Waals surface area contributed by atoms with Gasteiger partial charge in [-0.1, -0.05) is 13.0 Å². The lowest BCUT2D eigenvalue weighted by Crippen LogP contribution is -2.26. The number of hydrogen-bond donors (Lipinski definition) is 2. The lowest BCUT2D eigenvalue weighted by atomic mass is 10.1. The molecule has 0 aliphatic heterocycles. The van der Waals surface area contributed by atoms with Gasteiger partial charge < -0.3 is 20.5 Å². The van der Waals surface area contributed by atoms with Crippen LogP contribution in [0, 0.1) is 5.92 Å². The maximum absolute atomic E-state index is 11.0. The largest absolute Gasteiger partial charge is 0.497 e. The number of carbonyl (C=O) groups excluding carboxylic acids is 1. The number of carbonyl (C=O) groups is 1. The van der Waals surface area contributed by atoms with E-state index in [2.05, 4.69) is 5.32 Å². The molecule has 0 radical (unpaired) electrons. The molecule has 0 saturated heterocycles. The van der Waals surface area contributed by atoms with Crippen molar-refractivity contribution in [2.24, 2.45) is 11.7 Å². The van der Waals surface area contributed by atoms with E-state index in [4.69, 9.17) is 15.2 Å². The summed E-state index contributed by atoms with van der Waals surface area (Å²) in [7, 11) is 3.46. The van der Waals surface area contributed by atoms with Gasteiger partial charge in [-0.15, -0.1) is 0 Å². The lowest BCUT2D eigenvalue weighted by molar-refractivity contribution is -0.122. The van der Waals surface area contributed by atoms with Gasteiger partial charge in [-0.05, 0) is 13.1 Å². The topological polar surface area (TPSA) is 73.6 Å². The number of nitrogens with two attached hydrogens (primary N) is 1. The van der Waals surface area contributed by atoms with Crippen molar-refractivity contribution in [1.82, 2.24) is 5.32 Å². The molecule has 1 aromatic carbocycles.